The highest BCUT2D eigenvalue weighted by Crippen LogP contribution is 2.07. The number of carbonyl (C=O) groups excluding carboxylic acids is 1. The highest BCUT2D eigenvalue weighted by atomic mass is 16.3. The molecule has 0 aliphatic rings. The van der Waals surface area contributed by atoms with Crippen molar-refractivity contribution in [2.75, 3.05) is 20.6 Å². The maximum absolute atomic E-state index is 11.7. The average molecular weight is 213 g/mol. The van der Waals surface area contributed by atoms with Gasteiger partial charge >= 0.3 is 0 Å². The van der Waals surface area contributed by atoms with E-state index in [1.165, 1.54) is 0 Å². The van der Waals surface area contributed by atoms with Gasteiger partial charge in [0.05, 0.1) is 6.10 Å². The van der Waals surface area contributed by atoms with E-state index in [0.717, 1.165) is 5.57 Å². The lowest BCUT2D eigenvalue weighted by Crippen LogP contribution is -2.20. The summed E-state index contributed by atoms with van der Waals surface area (Å²) in [6, 6.07) is 0. The van der Waals surface area contributed by atoms with Crippen molar-refractivity contribution in [2.24, 2.45) is 0 Å². The van der Waals surface area contributed by atoms with E-state index in [0.29, 0.717) is 25.8 Å². The molecule has 0 aliphatic heterocycles. The molecular formula is C12H23NO2. The van der Waals surface area contributed by atoms with Crippen LogP contribution in [-0.2, 0) is 4.79 Å². The number of likely N-dealkylation sites (N-methyl/N-ethyl adjacent to an activating group) is 1. The molecule has 3 heteroatoms. The SMILES string of the molecule is C/C=C(/CN(C)C)C(=O)CCC(O)CC. The number of aliphatic hydroxyl groups is 1. The van der Waals surface area contributed by atoms with Gasteiger partial charge < -0.3 is 10.0 Å². The standard InChI is InChI=1S/C12H23NO2/c1-5-10(9-13(3)4)12(15)8-7-11(14)6-2/h5,11,14H,6-9H2,1-4H3/b10-5-. The molecule has 0 bridgehead atoms. The van der Waals surface area contributed by atoms with Gasteiger partial charge in [0, 0.05) is 18.5 Å². The highest BCUT2D eigenvalue weighted by Gasteiger charge is 2.11. The predicted molar refractivity (Wildman–Crippen MR) is 62.8 cm³/mol. The molecule has 0 aliphatic carbocycles. The van der Waals surface area contributed by atoms with Gasteiger partial charge in [-0.05, 0) is 33.9 Å². The zero-order chi connectivity index (χ0) is 11.8. The number of rotatable bonds is 7. The molecule has 0 heterocycles. The summed E-state index contributed by atoms with van der Waals surface area (Å²) in [6.45, 7) is 4.48. The minimum atomic E-state index is -0.341. The maximum Gasteiger partial charge on any atom is 0.159 e. The monoisotopic (exact) mass is 213 g/mol. The van der Waals surface area contributed by atoms with Crippen LogP contribution in [0.5, 0.6) is 0 Å². The third-order valence-corrected chi connectivity index (χ3v) is 2.37. The molecule has 0 aromatic heterocycles. The third-order valence-electron chi connectivity index (χ3n) is 2.37. The van der Waals surface area contributed by atoms with Gasteiger partial charge in [-0.2, -0.15) is 0 Å². The molecule has 0 saturated heterocycles. The number of ketones is 1. The van der Waals surface area contributed by atoms with Crippen LogP contribution in [0.3, 0.4) is 0 Å². The molecule has 0 fully saturated rings. The smallest absolute Gasteiger partial charge is 0.159 e. The van der Waals surface area contributed by atoms with Crippen molar-refractivity contribution in [1.82, 2.24) is 4.90 Å². The van der Waals surface area contributed by atoms with Crippen LogP contribution in [0.2, 0.25) is 0 Å². The Hall–Kier alpha value is -0.670. The summed E-state index contributed by atoms with van der Waals surface area (Å²) in [6.07, 6.45) is 3.25. The molecule has 0 aromatic rings. The number of carbonyl (C=O) groups is 1. The van der Waals surface area contributed by atoms with E-state index < -0.39 is 0 Å². The number of nitrogens with zero attached hydrogens (tertiary/aromatic N) is 1. The fraction of sp³-hybridized carbons (Fsp3) is 0.750. The molecule has 1 unspecified atom stereocenters. The average Bonchev–Trinajstić information content (AvgIpc) is 2.21. The van der Waals surface area contributed by atoms with Crippen molar-refractivity contribution in [3.63, 3.8) is 0 Å². The van der Waals surface area contributed by atoms with Gasteiger partial charge in [0.25, 0.3) is 0 Å². The molecule has 3 nitrogen and oxygen atoms in total. The second-order valence-electron chi connectivity index (χ2n) is 4.08. The Labute approximate surface area is 92.8 Å². The van der Waals surface area contributed by atoms with E-state index >= 15 is 0 Å². The Morgan fingerprint density at radius 3 is 2.47 bits per heavy atom. The predicted octanol–water partition coefficient (Wildman–Crippen LogP) is 1.61. The first-order valence-corrected chi connectivity index (χ1v) is 5.52. The quantitative estimate of drug-likeness (QED) is 0.653. The van der Waals surface area contributed by atoms with Crippen molar-refractivity contribution in [2.45, 2.75) is 39.2 Å². The Morgan fingerprint density at radius 2 is 2.07 bits per heavy atom. The summed E-state index contributed by atoms with van der Waals surface area (Å²) in [5, 5.41) is 9.36. The second-order valence-corrected chi connectivity index (χ2v) is 4.08. The number of hydrogen-bond acceptors (Lipinski definition) is 3. The molecule has 0 saturated carbocycles. The van der Waals surface area contributed by atoms with Crippen LogP contribution in [0.4, 0.5) is 0 Å². The fourth-order valence-electron chi connectivity index (χ4n) is 1.34. The zero-order valence-corrected chi connectivity index (χ0v) is 10.3. The van der Waals surface area contributed by atoms with E-state index in [-0.39, 0.29) is 11.9 Å². The van der Waals surface area contributed by atoms with Gasteiger partial charge in [0.1, 0.15) is 0 Å². The summed E-state index contributed by atoms with van der Waals surface area (Å²) in [5.74, 6) is 0.152. The minimum absolute atomic E-state index is 0.152. The van der Waals surface area contributed by atoms with Crippen LogP contribution in [0.15, 0.2) is 11.6 Å². The Kier molecular flexibility index (Phi) is 7.26. The number of hydrogen-bond donors (Lipinski definition) is 1. The van der Waals surface area contributed by atoms with Crippen molar-refractivity contribution in [1.29, 1.82) is 0 Å². The van der Waals surface area contributed by atoms with Crippen molar-refractivity contribution in [3.05, 3.63) is 11.6 Å². The van der Waals surface area contributed by atoms with Gasteiger partial charge in [0.15, 0.2) is 5.78 Å². The molecule has 0 spiro atoms. The maximum atomic E-state index is 11.7. The zero-order valence-electron chi connectivity index (χ0n) is 10.3. The molecule has 0 rings (SSSR count). The first-order valence-electron chi connectivity index (χ1n) is 5.52. The van der Waals surface area contributed by atoms with Gasteiger partial charge in [-0.3, -0.25) is 4.79 Å². The van der Waals surface area contributed by atoms with Gasteiger partial charge in [-0.25, -0.2) is 0 Å². The molecule has 0 amide bonds. The van der Waals surface area contributed by atoms with Crippen LogP contribution in [0, 0.1) is 0 Å². The molecule has 88 valence electrons. The molecule has 1 N–H and O–H groups in total. The lowest BCUT2D eigenvalue weighted by atomic mass is 10.0. The van der Waals surface area contributed by atoms with Crippen molar-refractivity contribution < 1.29 is 9.90 Å². The van der Waals surface area contributed by atoms with E-state index in [4.69, 9.17) is 0 Å². The van der Waals surface area contributed by atoms with Crippen LogP contribution in [0.25, 0.3) is 0 Å². The third kappa shape index (κ3) is 6.42. The van der Waals surface area contributed by atoms with E-state index in [9.17, 15) is 9.90 Å². The summed E-state index contributed by atoms with van der Waals surface area (Å²) >= 11 is 0. The summed E-state index contributed by atoms with van der Waals surface area (Å²) < 4.78 is 0. The number of aliphatic hydroxyl groups excluding tert-OH is 1. The lowest BCUT2D eigenvalue weighted by Gasteiger charge is -2.13. The van der Waals surface area contributed by atoms with Crippen molar-refractivity contribution in [3.8, 4) is 0 Å². The molecule has 0 radical (unpaired) electrons. The second kappa shape index (κ2) is 7.60. The summed E-state index contributed by atoms with van der Waals surface area (Å²) in [4.78, 5) is 13.7. The number of Topliss-reactive ketones (excluding diaryl/α,β-unsaturated/α-hetero) is 1. The van der Waals surface area contributed by atoms with Gasteiger partial charge in [0.2, 0.25) is 0 Å². The first-order chi connectivity index (χ1) is 7.01. The molecule has 0 aromatic carbocycles. The van der Waals surface area contributed by atoms with Crippen LogP contribution in [0.1, 0.15) is 33.1 Å². The molecular weight excluding hydrogens is 190 g/mol. The summed E-state index contributed by atoms with van der Waals surface area (Å²) in [7, 11) is 3.88. The Balaban J connectivity index is 4.06. The van der Waals surface area contributed by atoms with Gasteiger partial charge in [-0.1, -0.05) is 13.0 Å². The van der Waals surface area contributed by atoms with E-state index in [1.54, 1.807) is 0 Å². The van der Waals surface area contributed by atoms with E-state index in [2.05, 4.69) is 0 Å². The summed E-state index contributed by atoms with van der Waals surface area (Å²) in [5.41, 5.74) is 0.836. The topological polar surface area (TPSA) is 40.5 Å². The van der Waals surface area contributed by atoms with Gasteiger partial charge in [-0.15, -0.1) is 0 Å². The van der Waals surface area contributed by atoms with Crippen molar-refractivity contribution >= 4 is 5.78 Å². The van der Waals surface area contributed by atoms with E-state index in [1.807, 2.05) is 38.9 Å². The van der Waals surface area contributed by atoms with Crippen LogP contribution in [-0.4, -0.2) is 42.5 Å². The highest BCUT2D eigenvalue weighted by molar-refractivity contribution is 5.95. The van der Waals surface area contributed by atoms with Crippen LogP contribution < -0.4 is 0 Å². The molecule has 15 heavy (non-hydrogen) atoms. The molecule has 1 atom stereocenters. The Morgan fingerprint density at radius 1 is 1.47 bits per heavy atom. The first kappa shape index (κ1) is 14.3. The fourth-order valence-corrected chi connectivity index (χ4v) is 1.34. The van der Waals surface area contributed by atoms with Crippen LogP contribution >= 0.6 is 0 Å². The number of allylic oxidation sites excluding steroid dienone is 1. The Bertz CT molecular complexity index is 222. The normalized spacial score (nSPS) is 14.4. The minimum Gasteiger partial charge on any atom is -0.393 e. The lowest BCUT2D eigenvalue weighted by molar-refractivity contribution is -0.116. The largest absolute Gasteiger partial charge is 0.393 e.